The molecule has 0 radical (unpaired) electrons. The number of rotatable bonds is 4. The minimum atomic E-state index is 0.154. The molecule has 1 aromatic heterocycles. The molecule has 1 heterocycles. The van der Waals surface area contributed by atoms with E-state index in [-0.39, 0.29) is 5.78 Å². The van der Waals surface area contributed by atoms with E-state index in [1.165, 1.54) is 32.1 Å². The van der Waals surface area contributed by atoms with Gasteiger partial charge >= 0.3 is 0 Å². The first-order chi connectivity index (χ1) is 9.33. The molecule has 0 N–H and O–H groups in total. The van der Waals surface area contributed by atoms with Crippen molar-refractivity contribution >= 4 is 16.8 Å². The predicted octanol–water partition coefficient (Wildman–Crippen LogP) is 4.98. The van der Waals surface area contributed by atoms with Gasteiger partial charge in [-0.1, -0.05) is 50.3 Å². The molecular formula is C17H20O2. The van der Waals surface area contributed by atoms with E-state index in [0.29, 0.717) is 12.2 Å². The first-order valence-electron chi connectivity index (χ1n) is 7.35. The molecule has 1 aromatic carbocycles. The van der Waals surface area contributed by atoms with Crippen LogP contribution in [0.3, 0.4) is 0 Å². The van der Waals surface area contributed by atoms with E-state index in [2.05, 4.69) is 0 Å². The lowest BCUT2D eigenvalue weighted by Crippen LogP contribution is -2.08. The first-order valence-corrected chi connectivity index (χ1v) is 7.35. The lowest BCUT2D eigenvalue weighted by atomic mass is 9.85. The standard InChI is InChI=1S/C17H20O2/c18-15(11-10-13-6-2-1-3-7-13)17-12-14-8-4-5-9-16(14)19-17/h4-5,8-9,12-13H,1-3,6-7,10-11H2. The van der Waals surface area contributed by atoms with Crippen molar-refractivity contribution in [1.29, 1.82) is 0 Å². The largest absolute Gasteiger partial charge is 0.453 e. The lowest BCUT2D eigenvalue weighted by Gasteiger charge is -2.20. The second-order valence-electron chi connectivity index (χ2n) is 5.61. The van der Waals surface area contributed by atoms with E-state index in [4.69, 9.17) is 4.42 Å². The third kappa shape index (κ3) is 2.89. The van der Waals surface area contributed by atoms with Crippen LogP contribution in [0.15, 0.2) is 34.7 Å². The summed E-state index contributed by atoms with van der Waals surface area (Å²) in [4.78, 5) is 12.2. The Bertz CT molecular complexity index is 528. The summed E-state index contributed by atoms with van der Waals surface area (Å²) in [6, 6.07) is 9.67. The summed E-state index contributed by atoms with van der Waals surface area (Å²) in [5.74, 6) is 1.43. The predicted molar refractivity (Wildman–Crippen MR) is 76.4 cm³/mol. The van der Waals surface area contributed by atoms with Gasteiger partial charge in [0.05, 0.1) is 0 Å². The summed E-state index contributed by atoms with van der Waals surface area (Å²) < 4.78 is 5.62. The highest BCUT2D eigenvalue weighted by Gasteiger charge is 2.17. The first kappa shape index (κ1) is 12.5. The Morgan fingerprint density at radius 2 is 1.95 bits per heavy atom. The molecule has 2 heteroatoms. The fourth-order valence-corrected chi connectivity index (χ4v) is 3.05. The fraction of sp³-hybridized carbons (Fsp3) is 0.471. The highest BCUT2D eigenvalue weighted by molar-refractivity contribution is 5.97. The Kier molecular flexibility index (Phi) is 3.67. The minimum absolute atomic E-state index is 0.154. The number of para-hydroxylation sites is 1. The van der Waals surface area contributed by atoms with Gasteiger partial charge in [0.1, 0.15) is 5.58 Å². The highest BCUT2D eigenvalue weighted by atomic mass is 16.3. The molecule has 2 nitrogen and oxygen atoms in total. The Labute approximate surface area is 113 Å². The molecule has 3 rings (SSSR count). The fourth-order valence-electron chi connectivity index (χ4n) is 3.05. The van der Waals surface area contributed by atoms with Gasteiger partial charge in [0.25, 0.3) is 0 Å². The molecule has 1 fully saturated rings. The number of benzene rings is 1. The van der Waals surface area contributed by atoms with Crippen molar-refractivity contribution in [2.24, 2.45) is 5.92 Å². The van der Waals surface area contributed by atoms with E-state index >= 15 is 0 Å². The molecule has 19 heavy (non-hydrogen) atoms. The van der Waals surface area contributed by atoms with Crippen LogP contribution in [0.4, 0.5) is 0 Å². The monoisotopic (exact) mass is 256 g/mol. The van der Waals surface area contributed by atoms with Gasteiger partial charge in [-0.05, 0) is 24.5 Å². The smallest absolute Gasteiger partial charge is 0.198 e. The number of hydrogen-bond donors (Lipinski definition) is 0. The van der Waals surface area contributed by atoms with Gasteiger partial charge in [0.15, 0.2) is 11.5 Å². The van der Waals surface area contributed by atoms with Crippen LogP contribution in [0, 0.1) is 5.92 Å². The van der Waals surface area contributed by atoms with Crippen LogP contribution in [0.25, 0.3) is 11.0 Å². The van der Waals surface area contributed by atoms with Crippen molar-refractivity contribution < 1.29 is 9.21 Å². The van der Waals surface area contributed by atoms with E-state index in [9.17, 15) is 4.79 Å². The Morgan fingerprint density at radius 1 is 1.16 bits per heavy atom. The zero-order valence-electron chi connectivity index (χ0n) is 11.2. The van der Waals surface area contributed by atoms with Crippen LogP contribution in [0.5, 0.6) is 0 Å². The van der Waals surface area contributed by atoms with Crippen molar-refractivity contribution in [3.63, 3.8) is 0 Å². The Morgan fingerprint density at radius 3 is 2.74 bits per heavy atom. The second kappa shape index (κ2) is 5.60. The molecule has 0 aliphatic heterocycles. The van der Waals surface area contributed by atoms with Crippen molar-refractivity contribution in [3.8, 4) is 0 Å². The summed E-state index contributed by atoms with van der Waals surface area (Å²) in [5.41, 5.74) is 0.809. The van der Waals surface area contributed by atoms with Crippen LogP contribution in [0.2, 0.25) is 0 Å². The van der Waals surface area contributed by atoms with Crippen molar-refractivity contribution in [2.75, 3.05) is 0 Å². The molecule has 1 saturated carbocycles. The van der Waals surface area contributed by atoms with Crippen LogP contribution in [-0.4, -0.2) is 5.78 Å². The van der Waals surface area contributed by atoms with Gasteiger partial charge in [-0.25, -0.2) is 0 Å². The number of fused-ring (bicyclic) bond motifs is 1. The molecule has 0 unspecified atom stereocenters. The number of carbonyl (C=O) groups excluding carboxylic acids is 1. The van der Waals surface area contributed by atoms with Gasteiger partial charge in [-0.2, -0.15) is 0 Å². The molecule has 100 valence electrons. The molecule has 1 aliphatic carbocycles. The Hall–Kier alpha value is -1.57. The number of carbonyl (C=O) groups is 1. The van der Waals surface area contributed by atoms with Gasteiger partial charge in [-0.3, -0.25) is 4.79 Å². The molecule has 0 spiro atoms. The maximum atomic E-state index is 12.2. The number of furan rings is 1. The Balaban J connectivity index is 1.63. The van der Waals surface area contributed by atoms with Crippen LogP contribution in [-0.2, 0) is 0 Å². The van der Waals surface area contributed by atoms with E-state index in [1.54, 1.807) is 0 Å². The maximum Gasteiger partial charge on any atom is 0.198 e. The normalized spacial score (nSPS) is 16.8. The number of ketones is 1. The summed E-state index contributed by atoms with van der Waals surface area (Å²) in [7, 11) is 0. The third-order valence-corrected chi connectivity index (χ3v) is 4.20. The molecule has 0 amide bonds. The average Bonchev–Trinajstić information content (AvgIpc) is 2.90. The third-order valence-electron chi connectivity index (χ3n) is 4.20. The molecule has 0 saturated heterocycles. The molecular weight excluding hydrogens is 236 g/mol. The SMILES string of the molecule is O=C(CCC1CCCCC1)c1cc2ccccc2o1. The maximum absolute atomic E-state index is 12.2. The van der Waals surface area contributed by atoms with E-state index in [1.807, 2.05) is 30.3 Å². The molecule has 1 aliphatic rings. The summed E-state index contributed by atoms with van der Waals surface area (Å²) in [6.07, 6.45) is 8.29. The quantitative estimate of drug-likeness (QED) is 0.722. The lowest BCUT2D eigenvalue weighted by molar-refractivity contribution is 0.0945. The highest BCUT2D eigenvalue weighted by Crippen LogP contribution is 2.28. The summed E-state index contributed by atoms with van der Waals surface area (Å²) in [6.45, 7) is 0. The summed E-state index contributed by atoms with van der Waals surface area (Å²) in [5, 5.41) is 1.02. The zero-order chi connectivity index (χ0) is 13.1. The van der Waals surface area contributed by atoms with Crippen LogP contribution < -0.4 is 0 Å². The number of hydrogen-bond acceptors (Lipinski definition) is 2. The molecule has 2 aromatic rings. The van der Waals surface area contributed by atoms with Crippen molar-refractivity contribution in [1.82, 2.24) is 0 Å². The molecule has 0 atom stereocenters. The van der Waals surface area contributed by atoms with Gasteiger partial charge < -0.3 is 4.42 Å². The van der Waals surface area contributed by atoms with Gasteiger partial charge in [0, 0.05) is 11.8 Å². The van der Waals surface area contributed by atoms with Gasteiger partial charge in [-0.15, -0.1) is 0 Å². The van der Waals surface area contributed by atoms with Crippen molar-refractivity contribution in [3.05, 3.63) is 36.1 Å². The number of Topliss-reactive ketones (excluding diaryl/α,β-unsaturated/α-hetero) is 1. The van der Waals surface area contributed by atoms with E-state index < -0.39 is 0 Å². The van der Waals surface area contributed by atoms with Crippen LogP contribution in [0.1, 0.15) is 55.5 Å². The zero-order valence-corrected chi connectivity index (χ0v) is 11.2. The van der Waals surface area contributed by atoms with Crippen LogP contribution >= 0.6 is 0 Å². The minimum Gasteiger partial charge on any atom is -0.453 e. The topological polar surface area (TPSA) is 30.2 Å². The van der Waals surface area contributed by atoms with Crippen molar-refractivity contribution in [2.45, 2.75) is 44.9 Å². The second-order valence-corrected chi connectivity index (χ2v) is 5.61. The average molecular weight is 256 g/mol. The van der Waals surface area contributed by atoms with Gasteiger partial charge in [0.2, 0.25) is 0 Å². The summed E-state index contributed by atoms with van der Waals surface area (Å²) >= 11 is 0. The molecule has 0 bridgehead atoms. The van der Waals surface area contributed by atoms with E-state index in [0.717, 1.165) is 23.3 Å².